The number of rotatable bonds is 11. The highest BCUT2D eigenvalue weighted by atomic mass is 35.5. The molecule has 0 fully saturated rings. The molecule has 0 radical (unpaired) electrons. The van der Waals surface area contributed by atoms with Gasteiger partial charge in [-0.2, -0.15) is 5.26 Å². The Labute approximate surface area is 241 Å². The fourth-order valence-electron chi connectivity index (χ4n) is 3.78. The van der Waals surface area contributed by atoms with Gasteiger partial charge >= 0.3 is 0 Å². The molecule has 0 aliphatic heterocycles. The second kappa shape index (κ2) is 13.6. The van der Waals surface area contributed by atoms with E-state index in [1.807, 2.05) is 42.5 Å². The monoisotopic (exact) mass is 569 g/mol. The predicted octanol–water partition coefficient (Wildman–Crippen LogP) is 6.96. The third-order valence-corrected chi connectivity index (χ3v) is 6.05. The van der Waals surface area contributed by atoms with Crippen LogP contribution in [0.3, 0.4) is 0 Å². The second-order valence-corrected chi connectivity index (χ2v) is 9.10. The Bertz CT molecular complexity index is 1630. The molecule has 4 aromatic rings. The number of carbonyl (C=O) groups excluding carboxylic acids is 1. The van der Waals surface area contributed by atoms with Crippen molar-refractivity contribution in [1.29, 1.82) is 5.26 Å². The fraction of sp³-hybridized carbons (Fsp3) is 0.0968. The first-order chi connectivity index (χ1) is 19.9. The van der Waals surface area contributed by atoms with E-state index in [4.69, 9.17) is 25.8 Å². The lowest BCUT2D eigenvalue weighted by atomic mass is 10.1. The number of nitro groups is 1. The van der Waals surface area contributed by atoms with Gasteiger partial charge in [0.25, 0.3) is 11.6 Å². The zero-order valence-electron chi connectivity index (χ0n) is 21.9. The lowest BCUT2D eigenvalue weighted by Gasteiger charge is -2.14. The van der Waals surface area contributed by atoms with Crippen molar-refractivity contribution in [2.75, 3.05) is 12.4 Å². The van der Waals surface area contributed by atoms with Crippen molar-refractivity contribution in [3.63, 3.8) is 0 Å². The van der Waals surface area contributed by atoms with Crippen molar-refractivity contribution in [3.05, 3.63) is 128 Å². The highest BCUT2D eigenvalue weighted by molar-refractivity contribution is 6.30. The van der Waals surface area contributed by atoms with E-state index in [9.17, 15) is 20.2 Å². The first kappa shape index (κ1) is 28.7. The van der Waals surface area contributed by atoms with Crippen LogP contribution in [-0.2, 0) is 18.0 Å². The highest BCUT2D eigenvalue weighted by Crippen LogP contribution is 2.31. The van der Waals surface area contributed by atoms with Gasteiger partial charge in [0.15, 0.2) is 11.5 Å². The maximum absolute atomic E-state index is 12.8. The Morgan fingerprint density at radius 3 is 2.39 bits per heavy atom. The Kier molecular flexibility index (Phi) is 9.54. The lowest BCUT2D eigenvalue weighted by molar-refractivity contribution is -0.384. The first-order valence-electron chi connectivity index (χ1n) is 12.3. The Morgan fingerprint density at radius 1 is 0.927 bits per heavy atom. The van der Waals surface area contributed by atoms with E-state index in [1.54, 1.807) is 37.4 Å². The van der Waals surface area contributed by atoms with Gasteiger partial charge in [0.1, 0.15) is 30.6 Å². The van der Waals surface area contributed by atoms with Crippen LogP contribution in [0.15, 0.2) is 96.6 Å². The summed E-state index contributed by atoms with van der Waals surface area (Å²) in [4.78, 5) is 23.2. The third-order valence-electron chi connectivity index (χ3n) is 5.81. The van der Waals surface area contributed by atoms with Gasteiger partial charge in [-0.1, -0.05) is 54.1 Å². The summed E-state index contributed by atoms with van der Waals surface area (Å²) in [7, 11) is 1.56. The molecule has 0 saturated carbocycles. The van der Waals surface area contributed by atoms with Gasteiger partial charge < -0.3 is 19.5 Å². The van der Waals surface area contributed by atoms with Gasteiger partial charge in [0.05, 0.1) is 12.0 Å². The van der Waals surface area contributed by atoms with Crippen molar-refractivity contribution in [2.45, 2.75) is 13.2 Å². The summed E-state index contributed by atoms with van der Waals surface area (Å²) in [6.45, 7) is 0.545. The largest absolute Gasteiger partial charge is 0.493 e. The Morgan fingerprint density at radius 2 is 1.66 bits per heavy atom. The van der Waals surface area contributed by atoms with Crippen LogP contribution < -0.4 is 19.5 Å². The minimum Gasteiger partial charge on any atom is -0.493 e. The van der Waals surface area contributed by atoms with Gasteiger partial charge in [0.2, 0.25) is 0 Å². The van der Waals surface area contributed by atoms with Crippen LogP contribution in [0.2, 0.25) is 5.02 Å². The number of benzene rings is 4. The van der Waals surface area contributed by atoms with Crippen LogP contribution in [0.25, 0.3) is 6.08 Å². The van der Waals surface area contributed by atoms with Crippen LogP contribution in [0.4, 0.5) is 11.4 Å². The van der Waals surface area contributed by atoms with Crippen molar-refractivity contribution < 1.29 is 23.9 Å². The number of hydrogen-bond donors (Lipinski definition) is 1. The zero-order valence-corrected chi connectivity index (χ0v) is 22.6. The SMILES string of the molecule is COc1cc(COc2ccc(Cl)cc2/C=C(/C#N)C(=O)Nc2cccc([N+](=O)[O-])c2)ccc1OCc1ccccc1. The van der Waals surface area contributed by atoms with E-state index < -0.39 is 10.8 Å². The molecule has 0 bridgehead atoms. The highest BCUT2D eigenvalue weighted by Gasteiger charge is 2.14. The molecule has 206 valence electrons. The number of amides is 1. The van der Waals surface area contributed by atoms with Crippen molar-refractivity contribution in [1.82, 2.24) is 0 Å². The number of nitro benzene ring substituents is 1. The predicted molar refractivity (Wildman–Crippen MR) is 155 cm³/mol. The van der Waals surface area contributed by atoms with E-state index in [0.29, 0.717) is 34.4 Å². The number of carbonyl (C=O) groups is 1. The molecule has 4 rings (SSSR count). The molecule has 0 aliphatic rings. The number of methoxy groups -OCH3 is 1. The molecule has 0 saturated heterocycles. The van der Waals surface area contributed by atoms with E-state index >= 15 is 0 Å². The number of ether oxygens (including phenoxy) is 3. The summed E-state index contributed by atoms with van der Waals surface area (Å²) in [5, 5.41) is 23.6. The van der Waals surface area contributed by atoms with Crippen LogP contribution in [0.1, 0.15) is 16.7 Å². The van der Waals surface area contributed by atoms with Crippen molar-refractivity contribution in [3.8, 4) is 23.3 Å². The maximum atomic E-state index is 12.8. The minimum atomic E-state index is -0.741. The van der Waals surface area contributed by atoms with Crippen molar-refractivity contribution >= 4 is 35.0 Å². The van der Waals surface area contributed by atoms with Crippen LogP contribution in [0, 0.1) is 21.4 Å². The van der Waals surface area contributed by atoms with Crippen LogP contribution in [-0.4, -0.2) is 17.9 Å². The molecule has 0 atom stereocenters. The van der Waals surface area contributed by atoms with E-state index in [0.717, 1.165) is 11.1 Å². The molecule has 10 heteroatoms. The van der Waals surface area contributed by atoms with Crippen LogP contribution >= 0.6 is 11.6 Å². The molecule has 0 aliphatic carbocycles. The molecule has 4 aromatic carbocycles. The topological polar surface area (TPSA) is 124 Å². The number of nitriles is 1. The number of nitrogens with one attached hydrogen (secondary N) is 1. The van der Waals surface area contributed by atoms with Crippen molar-refractivity contribution in [2.24, 2.45) is 0 Å². The van der Waals surface area contributed by atoms with Gasteiger partial charge in [-0.05, 0) is 53.6 Å². The molecule has 0 aromatic heterocycles. The molecule has 0 unspecified atom stereocenters. The first-order valence-corrected chi connectivity index (χ1v) is 12.7. The number of hydrogen-bond acceptors (Lipinski definition) is 7. The zero-order chi connectivity index (χ0) is 29.2. The van der Waals surface area contributed by atoms with E-state index in [-0.39, 0.29) is 23.6 Å². The third kappa shape index (κ3) is 7.85. The van der Waals surface area contributed by atoms with Gasteiger partial charge in [0, 0.05) is 28.4 Å². The molecular weight excluding hydrogens is 546 g/mol. The average Bonchev–Trinajstić information content (AvgIpc) is 2.99. The van der Waals surface area contributed by atoms with Gasteiger partial charge in [-0.3, -0.25) is 14.9 Å². The smallest absolute Gasteiger partial charge is 0.271 e. The molecule has 1 N–H and O–H groups in total. The lowest BCUT2D eigenvalue weighted by Crippen LogP contribution is -2.13. The number of halogens is 1. The Balaban J connectivity index is 1.48. The number of non-ortho nitro benzene ring substituents is 1. The molecule has 9 nitrogen and oxygen atoms in total. The fourth-order valence-corrected chi connectivity index (χ4v) is 3.96. The molecular formula is C31H24ClN3O6. The quantitative estimate of drug-likeness (QED) is 0.0895. The number of anilines is 1. The summed E-state index contributed by atoms with van der Waals surface area (Å²) in [5.74, 6) is 0.773. The molecule has 41 heavy (non-hydrogen) atoms. The summed E-state index contributed by atoms with van der Waals surface area (Å²) < 4.78 is 17.4. The summed E-state index contributed by atoms with van der Waals surface area (Å²) in [5.41, 5.74) is 1.97. The normalized spacial score (nSPS) is 10.8. The molecule has 1 amide bonds. The molecule has 0 spiro atoms. The number of nitrogens with zero attached hydrogens (tertiary/aromatic N) is 2. The maximum Gasteiger partial charge on any atom is 0.271 e. The summed E-state index contributed by atoms with van der Waals surface area (Å²) in [6, 6.07) is 27.3. The van der Waals surface area contributed by atoms with E-state index in [1.165, 1.54) is 30.3 Å². The molecule has 0 heterocycles. The standard InChI is InChI=1S/C31H24ClN3O6/c1-39-30-14-22(10-12-29(30)41-19-21-6-3-2-4-7-21)20-40-28-13-11-25(32)16-23(28)15-24(18-33)31(36)34-26-8-5-9-27(17-26)35(37)38/h2-17H,19-20H2,1H3,(H,34,36)/b24-15-. The summed E-state index contributed by atoms with van der Waals surface area (Å²) >= 11 is 6.19. The summed E-state index contributed by atoms with van der Waals surface area (Å²) in [6.07, 6.45) is 1.34. The van der Waals surface area contributed by atoms with Crippen LogP contribution in [0.5, 0.6) is 17.2 Å². The Hall–Kier alpha value is -5.33. The van der Waals surface area contributed by atoms with Gasteiger partial charge in [-0.25, -0.2) is 0 Å². The van der Waals surface area contributed by atoms with Gasteiger partial charge in [-0.15, -0.1) is 0 Å². The average molecular weight is 570 g/mol. The second-order valence-electron chi connectivity index (χ2n) is 8.66. The van der Waals surface area contributed by atoms with E-state index in [2.05, 4.69) is 5.32 Å². The minimum absolute atomic E-state index is 0.152.